The molecule has 1 heterocycles. The lowest BCUT2D eigenvalue weighted by Crippen LogP contribution is -2.33. The van der Waals surface area contributed by atoms with Crippen molar-refractivity contribution in [2.75, 3.05) is 12.9 Å². The van der Waals surface area contributed by atoms with Crippen molar-refractivity contribution in [3.05, 3.63) is 84.9 Å². The monoisotopic (exact) mass is 432 g/mol. The van der Waals surface area contributed by atoms with Crippen LogP contribution in [0.25, 0.3) is 33.3 Å². The zero-order valence-electron chi connectivity index (χ0n) is 16.8. The molecule has 0 aliphatic carbocycles. The van der Waals surface area contributed by atoms with Gasteiger partial charge in [-0.2, -0.15) is 0 Å². The number of benzene rings is 3. The molecule has 0 saturated heterocycles. The van der Waals surface area contributed by atoms with E-state index in [0.717, 1.165) is 39.5 Å². The van der Waals surface area contributed by atoms with E-state index in [-0.39, 0.29) is 0 Å². The smallest absolute Gasteiger partial charge is 0.271 e. The van der Waals surface area contributed by atoms with E-state index in [1.54, 1.807) is 12.1 Å². The molecule has 0 fully saturated rings. The lowest BCUT2D eigenvalue weighted by molar-refractivity contribution is -0.121. The van der Waals surface area contributed by atoms with E-state index in [9.17, 15) is 13.2 Å². The van der Waals surface area contributed by atoms with Gasteiger partial charge in [0, 0.05) is 10.9 Å². The fourth-order valence-electron chi connectivity index (χ4n) is 3.29. The van der Waals surface area contributed by atoms with Crippen LogP contribution in [0.15, 0.2) is 84.9 Å². The molecule has 4 rings (SSSR count). The van der Waals surface area contributed by atoms with Crippen LogP contribution in [0.5, 0.6) is 5.75 Å². The standard InChI is InChI=1S/C24H20N2O4S/c1-31(28,29)26-24(27)16-30-19-13-11-18(12-14-19)23-15-21(17-7-3-2-4-8-17)20-9-5-6-10-22(20)25-23/h2-15H,16H2,1H3,(H,26,27). The first-order chi connectivity index (χ1) is 14.9. The summed E-state index contributed by atoms with van der Waals surface area (Å²) >= 11 is 0. The average molecular weight is 433 g/mol. The minimum absolute atomic E-state index is 0.390. The van der Waals surface area contributed by atoms with Gasteiger partial charge in [0.25, 0.3) is 5.91 Å². The Bertz CT molecular complexity index is 1340. The molecular weight excluding hydrogens is 412 g/mol. The number of rotatable bonds is 6. The minimum atomic E-state index is -3.60. The average Bonchev–Trinajstić information content (AvgIpc) is 2.77. The summed E-state index contributed by atoms with van der Waals surface area (Å²) in [5, 5.41) is 1.08. The van der Waals surface area contributed by atoms with Gasteiger partial charge >= 0.3 is 0 Å². The van der Waals surface area contributed by atoms with Crippen LogP contribution in [0.4, 0.5) is 0 Å². The van der Waals surface area contributed by atoms with E-state index in [2.05, 4.69) is 24.3 Å². The first kappa shape index (κ1) is 20.6. The van der Waals surface area contributed by atoms with E-state index >= 15 is 0 Å². The van der Waals surface area contributed by atoms with E-state index < -0.39 is 22.5 Å². The molecule has 0 radical (unpaired) electrons. The number of ether oxygens (including phenoxy) is 1. The van der Waals surface area contributed by atoms with Crippen molar-refractivity contribution >= 4 is 26.8 Å². The molecule has 0 saturated carbocycles. The maximum absolute atomic E-state index is 11.6. The number of pyridine rings is 1. The number of amides is 1. The van der Waals surface area contributed by atoms with Crippen molar-refractivity contribution in [2.24, 2.45) is 0 Å². The van der Waals surface area contributed by atoms with Gasteiger partial charge in [0.2, 0.25) is 10.0 Å². The van der Waals surface area contributed by atoms with Gasteiger partial charge in [-0.3, -0.25) is 9.52 Å². The molecule has 0 bridgehead atoms. The highest BCUT2D eigenvalue weighted by Crippen LogP contribution is 2.32. The van der Waals surface area contributed by atoms with Crippen molar-refractivity contribution in [1.29, 1.82) is 0 Å². The Hall–Kier alpha value is -3.71. The van der Waals surface area contributed by atoms with Gasteiger partial charge in [0.05, 0.1) is 17.5 Å². The number of para-hydroxylation sites is 1. The van der Waals surface area contributed by atoms with Crippen LogP contribution in [-0.4, -0.2) is 32.2 Å². The van der Waals surface area contributed by atoms with Crippen molar-refractivity contribution in [2.45, 2.75) is 0 Å². The number of carbonyl (C=O) groups is 1. The van der Waals surface area contributed by atoms with Gasteiger partial charge < -0.3 is 4.74 Å². The minimum Gasteiger partial charge on any atom is -0.484 e. The third kappa shape index (κ3) is 5.07. The molecule has 31 heavy (non-hydrogen) atoms. The molecule has 1 N–H and O–H groups in total. The Kier molecular flexibility index (Phi) is 5.68. The Morgan fingerprint density at radius 3 is 2.29 bits per heavy atom. The molecular formula is C24H20N2O4S. The maximum atomic E-state index is 11.6. The Labute approximate surface area is 180 Å². The maximum Gasteiger partial charge on any atom is 0.271 e. The van der Waals surface area contributed by atoms with Crippen LogP contribution >= 0.6 is 0 Å². The van der Waals surface area contributed by atoms with Crippen molar-refractivity contribution < 1.29 is 17.9 Å². The molecule has 4 aromatic rings. The molecule has 7 heteroatoms. The van der Waals surface area contributed by atoms with E-state index in [1.165, 1.54) is 0 Å². The van der Waals surface area contributed by atoms with Crippen molar-refractivity contribution in [3.8, 4) is 28.1 Å². The number of nitrogens with one attached hydrogen (secondary N) is 1. The summed E-state index contributed by atoms with van der Waals surface area (Å²) in [7, 11) is -3.60. The third-order valence-corrected chi connectivity index (χ3v) is 5.22. The second-order valence-corrected chi connectivity index (χ2v) is 8.80. The Balaban J connectivity index is 1.61. The van der Waals surface area contributed by atoms with Gasteiger partial charge in [-0.05, 0) is 47.5 Å². The first-order valence-corrected chi connectivity index (χ1v) is 11.5. The normalized spacial score (nSPS) is 11.3. The van der Waals surface area contributed by atoms with Crippen molar-refractivity contribution in [1.82, 2.24) is 9.71 Å². The van der Waals surface area contributed by atoms with Gasteiger partial charge in [-0.25, -0.2) is 13.4 Å². The largest absolute Gasteiger partial charge is 0.484 e. The summed E-state index contributed by atoms with van der Waals surface area (Å²) in [5.74, 6) is -0.272. The number of fused-ring (bicyclic) bond motifs is 1. The van der Waals surface area contributed by atoms with Crippen LogP contribution in [-0.2, 0) is 14.8 Å². The van der Waals surface area contributed by atoms with Crippen LogP contribution in [0.3, 0.4) is 0 Å². The summed E-state index contributed by atoms with van der Waals surface area (Å²) in [6, 6.07) is 27.4. The second kappa shape index (κ2) is 8.57. The Morgan fingerprint density at radius 1 is 0.903 bits per heavy atom. The van der Waals surface area contributed by atoms with Crippen LogP contribution in [0.1, 0.15) is 0 Å². The highest BCUT2D eigenvalue weighted by Gasteiger charge is 2.11. The fraction of sp³-hybridized carbons (Fsp3) is 0.0833. The lowest BCUT2D eigenvalue weighted by Gasteiger charge is -2.11. The number of nitrogens with zero attached hydrogens (tertiary/aromatic N) is 1. The molecule has 0 spiro atoms. The highest BCUT2D eigenvalue weighted by atomic mass is 32.2. The van der Waals surface area contributed by atoms with Crippen LogP contribution in [0.2, 0.25) is 0 Å². The van der Waals surface area contributed by atoms with Crippen LogP contribution in [0, 0.1) is 0 Å². The summed E-state index contributed by atoms with van der Waals surface area (Å²) < 4.78 is 29.4. The summed E-state index contributed by atoms with van der Waals surface area (Å²) in [5.41, 5.74) is 4.82. The molecule has 1 aromatic heterocycles. The number of carbonyl (C=O) groups excluding carboxylic acids is 1. The molecule has 0 aliphatic rings. The summed E-state index contributed by atoms with van der Waals surface area (Å²) in [4.78, 5) is 16.4. The predicted molar refractivity (Wildman–Crippen MR) is 121 cm³/mol. The third-order valence-electron chi connectivity index (χ3n) is 4.62. The fourth-order valence-corrected chi connectivity index (χ4v) is 3.76. The van der Waals surface area contributed by atoms with E-state index in [4.69, 9.17) is 9.72 Å². The van der Waals surface area contributed by atoms with Gasteiger partial charge in [-0.15, -0.1) is 0 Å². The summed E-state index contributed by atoms with van der Waals surface area (Å²) in [6.07, 6.45) is 0.917. The molecule has 3 aromatic carbocycles. The Morgan fingerprint density at radius 2 is 1.58 bits per heavy atom. The lowest BCUT2D eigenvalue weighted by atomic mass is 9.98. The van der Waals surface area contributed by atoms with Crippen LogP contribution < -0.4 is 9.46 Å². The molecule has 1 amide bonds. The molecule has 6 nitrogen and oxygen atoms in total. The highest BCUT2D eigenvalue weighted by molar-refractivity contribution is 7.89. The zero-order chi connectivity index (χ0) is 21.8. The molecule has 0 aliphatic heterocycles. The summed E-state index contributed by atoms with van der Waals surface area (Å²) in [6.45, 7) is -0.390. The van der Waals surface area contributed by atoms with E-state index in [1.807, 2.05) is 53.3 Å². The first-order valence-electron chi connectivity index (χ1n) is 9.58. The number of hydrogen-bond acceptors (Lipinski definition) is 5. The quantitative estimate of drug-likeness (QED) is 0.497. The number of hydrogen-bond donors (Lipinski definition) is 1. The molecule has 0 unspecified atom stereocenters. The van der Waals surface area contributed by atoms with Crippen molar-refractivity contribution in [3.63, 3.8) is 0 Å². The zero-order valence-corrected chi connectivity index (χ0v) is 17.6. The molecule has 156 valence electrons. The molecule has 0 atom stereocenters. The topological polar surface area (TPSA) is 85.4 Å². The SMILES string of the molecule is CS(=O)(=O)NC(=O)COc1ccc(-c2cc(-c3ccccc3)c3ccccc3n2)cc1. The predicted octanol–water partition coefficient (Wildman–Crippen LogP) is 4.02. The van der Waals surface area contributed by atoms with Gasteiger partial charge in [0.1, 0.15) is 5.75 Å². The number of aromatic nitrogens is 1. The second-order valence-electron chi connectivity index (χ2n) is 7.05. The van der Waals surface area contributed by atoms with Gasteiger partial charge in [-0.1, -0.05) is 48.5 Å². The number of sulfonamides is 1. The van der Waals surface area contributed by atoms with E-state index in [0.29, 0.717) is 5.75 Å². The van der Waals surface area contributed by atoms with Gasteiger partial charge in [0.15, 0.2) is 6.61 Å².